The Morgan fingerprint density at radius 3 is 2.54 bits per heavy atom. The molecule has 0 bridgehead atoms. The van der Waals surface area contributed by atoms with Crippen molar-refractivity contribution in [2.24, 2.45) is 0 Å². The molecule has 4 heterocycles. The van der Waals surface area contributed by atoms with Crippen LogP contribution >= 0.6 is 23.1 Å². The summed E-state index contributed by atoms with van der Waals surface area (Å²) in [4.78, 5) is 38.8. The first-order valence-electron chi connectivity index (χ1n) is 12.3. The third kappa shape index (κ3) is 5.14. The lowest BCUT2D eigenvalue weighted by atomic mass is 10.0. The number of benzene rings is 1. The highest BCUT2D eigenvalue weighted by Gasteiger charge is 2.20. The van der Waals surface area contributed by atoms with Gasteiger partial charge < -0.3 is 4.90 Å². The van der Waals surface area contributed by atoms with Gasteiger partial charge in [0.1, 0.15) is 9.53 Å². The molecule has 0 aliphatic carbocycles. The van der Waals surface area contributed by atoms with Crippen molar-refractivity contribution >= 4 is 49.4 Å². The fourth-order valence-corrected chi connectivity index (χ4v) is 6.44. The predicted molar refractivity (Wildman–Crippen MR) is 145 cm³/mol. The number of rotatable bonds is 6. The second kappa shape index (κ2) is 10.5. The minimum Gasteiger partial charge on any atom is -0.342 e. The van der Waals surface area contributed by atoms with Gasteiger partial charge in [0.15, 0.2) is 5.16 Å². The highest BCUT2D eigenvalue weighted by molar-refractivity contribution is 7.99. The van der Waals surface area contributed by atoms with Gasteiger partial charge in [-0.1, -0.05) is 62.7 Å². The highest BCUT2D eigenvalue weighted by atomic mass is 32.2. The number of hydrogen-bond donors (Lipinski definition) is 0. The fourth-order valence-electron chi connectivity index (χ4n) is 4.52. The molecule has 182 valence electrons. The number of thiophene rings is 1. The van der Waals surface area contributed by atoms with Gasteiger partial charge in [-0.3, -0.25) is 14.2 Å². The van der Waals surface area contributed by atoms with Crippen LogP contribution in [-0.2, 0) is 11.3 Å². The summed E-state index contributed by atoms with van der Waals surface area (Å²) in [5, 5.41) is 1.47. The van der Waals surface area contributed by atoms with E-state index in [1.165, 1.54) is 41.5 Å². The number of carbonyl (C=O) groups is 1. The van der Waals surface area contributed by atoms with Crippen LogP contribution in [0.15, 0.2) is 52.5 Å². The molecule has 1 amide bonds. The zero-order valence-corrected chi connectivity index (χ0v) is 21.8. The number of aromatic nitrogens is 3. The fraction of sp³-hybridized carbons (Fsp3) is 0.407. The van der Waals surface area contributed by atoms with Gasteiger partial charge in [0.05, 0.1) is 17.8 Å². The Morgan fingerprint density at radius 1 is 1.09 bits per heavy atom. The third-order valence-electron chi connectivity index (χ3n) is 6.59. The van der Waals surface area contributed by atoms with Gasteiger partial charge in [0.2, 0.25) is 5.91 Å². The molecular weight excluding hydrogens is 476 g/mol. The summed E-state index contributed by atoms with van der Waals surface area (Å²) in [6, 6.07) is 12.2. The summed E-state index contributed by atoms with van der Waals surface area (Å²) in [6.45, 7) is 6.40. The molecule has 0 atom stereocenters. The Labute approximate surface area is 213 Å². The molecule has 1 saturated heterocycles. The van der Waals surface area contributed by atoms with E-state index in [1.807, 2.05) is 17.0 Å². The average Bonchev–Trinajstić information content (AvgIpc) is 3.03. The van der Waals surface area contributed by atoms with Crippen LogP contribution in [0.5, 0.6) is 0 Å². The molecule has 1 aliphatic heterocycles. The zero-order valence-electron chi connectivity index (χ0n) is 20.2. The van der Waals surface area contributed by atoms with Gasteiger partial charge in [-0.05, 0) is 42.0 Å². The first kappa shape index (κ1) is 24.0. The summed E-state index contributed by atoms with van der Waals surface area (Å²) in [6.07, 6.45) is 6.23. The monoisotopic (exact) mass is 506 g/mol. The second-order valence-corrected chi connectivity index (χ2v) is 11.3. The molecule has 1 aromatic carbocycles. The van der Waals surface area contributed by atoms with Crippen LogP contribution in [0.25, 0.3) is 20.4 Å². The molecule has 1 fully saturated rings. The molecule has 0 radical (unpaired) electrons. The lowest BCUT2D eigenvalue weighted by Gasteiger charge is -2.20. The highest BCUT2D eigenvalue weighted by Crippen LogP contribution is 2.31. The average molecular weight is 507 g/mol. The second-order valence-electron chi connectivity index (χ2n) is 9.40. The molecule has 8 heteroatoms. The largest absolute Gasteiger partial charge is 0.342 e. The lowest BCUT2D eigenvalue weighted by molar-refractivity contribution is -0.128. The molecule has 3 aromatic heterocycles. The Morgan fingerprint density at radius 2 is 1.83 bits per heavy atom. The van der Waals surface area contributed by atoms with E-state index < -0.39 is 0 Å². The van der Waals surface area contributed by atoms with Gasteiger partial charge in [-0.2, -0.15) is 0 Å². The molecule has 0 unspecified atom stereocenters. The van der Waals surface area contributed by atoms with E-state index in [2.05, 4.69) is 43.1 Å². The molecule has 4 aromatic rings. The Kier molecular flexibility index (Phi) is 7.20. The lowest BCUT2D eigenvalue weighted by Crippen LogP contribution is -2.33. The van der Waals surface area contributed by atoms with Crippen molar-refractivity contribution in [2.45, 2.75) is 57.1 Å². The molecule has 35 heavy (non-hydrogen) atoms. The molecule has 0 saturated carbocycles. The zero-order chi connectivity index (χ0) is 24.4. The number of likely N-dealkylation sites (tertiary alicyclic amines) is 1. The van der Waals surface area contributed by atoms with Crippen molar-refractivity contribution in [1.29, 1.82) is 0 Å². The number of fused-ring (bicyclic) bond motifs is 3. The third-order valence-corrected chi connectivity index (χ3v) is 8.64. The molecule has 0 spiro atoms. The van der Waals surface area contributed by atoms with Crippen molar-refractivity contribution in [3.05, 3.63) is 64.1 Å². The van der Waals surface area contributed by atoms with E-state index in [0.29, 0.717) is 27.8 Å². The Bertz CT molecular complexity index is 1400. The first-order chi connectivity index (χ1) is 17.0. The van der Waals surface area contributed by atoms with Gasteiger partial charge in [0.25, 0.3) is 5.56 Å². The molecule has 1 aliphatic rings. The van der Waals surface area contributed by atoms with E-state index in [0.717, 1.165) is 41.7 Å². The SMILES string of the molecule is CC(C)c1ccc(Cn2c(SCC(=O)N3CCCCCC3)nc3c(sc4ncccc43)c2=O)cc1. The Balaban J connectivity index is 1.51. The number of hydrogen-bond acceptors (Lipinski definition) is 6. The van der Waals surface area contributed by atoms with Crippen molar-refractivity contribution < 1.29 is 4.79 Å². The maximum atomic E-state index is 13.7. The van der Waals surface area contributed by atoms with E-state index in [4.69, 9.17) is 4.98 Å². The predicted octanol–water partition coefficient (Wildman–Crippen LogP) is 5.67. The smallest absolute Gasteiger partial charge is 0.272 e. The van der Waals surface area contributed by atoms with Crippen LogP contribution in [0.4, 0.5) is 0 Å². The van der Waals surface area contributed by atoms with Crippen LogP contribution in [0, 0.1) is 0 Å². The number of carbonyl (C=O) groups excluding carboxylic acids is 1. The van der Waals surface area contributed by atoms with Crippen molar-refractivity contribution in [3.8, 4) is 0 Å². The summed E-state index contributed by atoms with van der Waals surface area (Å²) in [7, 11) is 0. The molecule has 6 nitrogen and oxygen atoms in total. The van der Waals surface area contributed by atoms with E-state index in [9.17, 15) is 9.59 Å². The van der Waals surface area contributed by atoms with Crippen molar-refractivity contribution in [1.82, 2.24) is 19.4 Å². The van der Waals surface area contributed by atoms with Crippen LogP contribution in [0.3, 0.4) is 0 Å². The maximum absolute atomic E-state index is 13.7. The minimum atomic E-state index is -0.0735. The Hall–Kier alpha value is -2.71. The maximum Gasteiger partial charge on any atom is 0.272 e. The van der Waals surface area contributed by atoms with E-state index in [-0.39, 0.29) is 17.2 Å². The van der Waals surface area contributed by atoms with Gasteiger partial charge >= 0.3 is 0 Å². The van der Waals surface area contributed by atoms with Crippen LogP contribution in [0.1, 0.15) is 56.6 Å². The summed E-state index contributed by atoms with van der Waals surface area (Å²) in [5.41, 5.74) is 2.91. The van der Waals surface area contributed by atoms with Crippen LogP contribution < -0.4 is 5.56 Å². The number of amides is 1. The van der Waals surface area contributed by atoms with Gasteiger partial charge in [-0.25, -0.2) is 9.97 Å². The van der Waals surface area contributed by atoms with Gasteiger partial charge in [-0.15, -0.1) is 11.3 Å². The van der Waals surface area contributed by atoms with E-state index in [1.54, 1.807) is 10.8 Å². The van der Waals surface area contributed by atoms with E-state index >= 15 is 0 Å². The first-order valence-corrected chi connectivity index (χ1v) is 14.1. The van der Waals surface area contributed by atoms with Crippen LogP contribution in [0.2, 0.25) is 0 Å². The van der Waals surface area contributed by atoms with Crippen LogP contribution in [-0.4, -0.2) is 44.2 Å². The normalized spacial score (nSPS) is 14.7. The summed E-state index contributed by atoms with van der Waals surface area (Å²) < 4.78 is 2.34. The number of nitrogens with zero attached hydrogens (tertiary/aromatic N) is 4. The summed E-state index contributed by atoms with van der Waals surface area (Å²) >= 11 is 2.75. The van der Waals surface area contributed by atoms with Crippen molar-refractivity contribution in [3.63, 3.8) is 0 Å². The minimum absolute atomic E-state index is 0.0735. The number of pyridine rings is 1. The quantitative estimate of drug-likeness (QED) is 0.249. The van der Waals surface area contributed by atoms with Crippen molar-refractivity contribution in [2.75, 3.05) is 18.8 Å². The van der Waals surface area contributed by atoms with Gasteiger partial charge in [0, 0.05) is 24.7 Å². The standard InChI is InChI=1S/C27H30N4O2S2/c1-18(2)20-11-9-19(10-12-20)16-31-26(33)24-23(21-8-7-13-28-25(21)35-24)29-27(31)34-17-22(32)30-14-5-3-4-6-15-30/h7-13,18H,3-6,14-17H2,1-2H3. The number of thioether (sulfide) groups is 1. The molecular formula is C27H30N4O2S2. The molecule has 0 N–H and O–H groups in total. The summed E-state index contributed by atoms with van der Waals surface area (Å²) in [5.74, 6) is 0.854. The molecule has 5 rings (SSSR count). The topological polar surface area (TPSA) is 68.1 Å².